The van der Waals surface area contributed by atoms with Gasteiger partial charge in [0.1, 0.15) is 0 Å². The second-order valence-electron chi connectivity index (χ2n) is 6.11. The van der Waals surface area contributed by atoms with Crippen molar-refractivity contribution in [3.05, 3.63) is 95.4 Å². The van der Waals surface area contributed by atoms with E-state index in [9.17, 15) is 0 Å². The Bertz CT molecular complexity index is 1050. The highest BCUT2D eigenvalue weighted by molar-refractivity contribution is 6.22. The SMILES string of the molecule is C=c1ccc(=C)cc1.c1cc2ccc3cccc4ccc(c1)c2c34. The van der Waals surface area contributed by atoms with E-state index in [1.807, 2.05) is 24.3 Å². The maximum atomic E-state index is 3.73. The molecule has 0 nitrogen and oxygen atoms in total. The minimum Gasteiger partial charge on any atom is -0.0918 e. The molecule has 0 fully saturated rings. The van der Waals surface area contributed by atoms with Gasteiger partial charge in [-0.05, 0) is 42.8 Å². The van der Waals surface area contributed by atoms with E-state index in [1.54, 1.807) is 0 Å². The van der Waals surface area contributed by atoms with Crippen LogP contribution in [0.1, 0.15) is 0 Å². The fourth-order valence-electron chi connectivity index (χ4n) is 3.21. The molecule has 5 aromatic rings. The van der Waals surface area contributed by atoms with Gasteiger partial charge in [0.25, 0.3) is 0 Å². The minimum absolute atomic E-state index is 1.04. The molecule has 0 aliphatic carbocycles. The lowest BCUT2D eigenvalue weighted by atomic mass is 9.95. The van der Waals surface area contributed by atoms with Gasteiger partial charge in [0.2, 0.25) is 0 Å². The lowest BCUT2D eigenvalue weighted by Gasteiger charge is -2.09. The summed E-state index contributed by atoms with van der Waals surface area (Å²) in [7, 11) is 0. The molecule has 0 spiro atoms. The summed E-state index contributed by atoms with van der Waals surface area (Å²) in [6.45, 7) is 7.47. The molecule has 0 atom stereocenters. The molecular formula is C24H18. The predicted octanol–water partition coefficient (Wildman–Crippen LogP) is 5.09. The zero-order valence-electron chi connectivity index (χ0n) is 13.5. The summed E-state index contributed by atoms with van der Waals surface area (Å²) < 4.78 is 0. The van der Waals surface area contributed by atoms with Gasteiger partial charge in [0, 0.05) is 0 Å². The Labute approximate surface area is 141 Å². The third kappa shape index (κ3) is 2.53. The monoisotopic (exact) mass is 306 g/mol. The van der Waals surface area contributed by atoms with E-state index in [4.69, 9.17) is 0 Å². The van der Waals surface area contributed by atoms with E-state index in [2.05, 4.69) is 73.8 Å². The standard InChI is InChI=1S/C16H10.C8H8/c1-3-11-7-9-13-5-2-6-14-10-8-12(4-1)15(11)16(13)14;1-7-3-5-8(2)6-4-7/h1-10H;3-6H,1-2H2. The Morgan fingerprint density at radius 2 is 0.667 bits per heavy atom. The second kappa shape index (κ2) is 5.82. The Hall–Kier alpha value is -3.12. The molecular weight excluding hydrogens is 288 g/mol. The summed E-state index contributed by atoms with van der Waals surface area (Å²) >= 11 is 0. The Balaban J connectivity index is 0.000000155. The van der Waals surface area contributed by atoms with Gasteiger partial charge in [-0.25, -0.2) is 0 Å². The number of hydrogen-bond acceptors (Lipinski definition) is 0. The van der Waals surface area contributed by atoms with Crippen molar-refractivity contribution < 1.29 is 0 Å². The van der Waals surface area contributed by atoms with Crippen molar-refractivity contribution in [1.82, 2.24) is 0 Å². The summed E-state index contributed by atoms with van der Waals surface area (Å²) in [5.74, 6) is 0. The fourth-order valence-corrected chi connectivity index (χ4v) is 3.21. The van der Waals surface area contributed by atoms with Crippen LogP contribution in [0.15, 0.2) is 84.9 Å². The molecule has 5 aromatic carbocycles. The van der Waals surface area contributed by atoms with Gasteiger partial charge in [-0.3, -0.25) is 0 Å². The van der Waals surface area contributed by atoms with E-state index in [0.717, 1.165) is 10.4 Å². The Morgan fingerprint density at radius 1 is 0.375 bits per heavy atom. The van der Waals surface area contributed by atoms with Crippen molar-refractivity contribution in [2.75, 3.05) is 0 Å². The van der Waals surface area contributed by atoms with Crippen molar-refractivity contribution in [2.45, 2.75) is 0 Å². The molecule has 114 valence electrons. The first kappa shape index (κ1) is 14.5. The normalized spacial score (nSPS) is 10.8. The topological polar surface area (TPSA) is 0 Å². The zero-order chi connectivity index (χ0) is 16.5. The quantitative estimate of drug-likeness (QED) is 0.350. The number of hydrogen-bond donors (Lipinski definition) is 0. The zero-order valence-corrected chi connectivity index (χ0v) is 13.5. The van der Waals surface area contributed by atoms with Crippen molar-refractivity contribution in [1.29, 1.82) is 0 Å². The summed E-state index contributed by atoms with van der Waals surface area (Å²) in [6.07, 6.45) is 0. The maximum absolute atomic E-state index is 3.73. The van der Waals surface area contributed by atoms with Gasteiger partial charge in [-0.2, -0.15) is 0 Å². The fraction of sp³-hybridized carbons (Fsp3) is 0. The van der Waals surface area contributed by atoms with Crippen molar-refractivity contribution in [2.24, 2.45) is 0 Å². The minimum atomic E-state index is 1.04. The molecule has 0 aliphatic heterocycles. The number of benzene rings is 5. The van der Waals surface area contributed by atoms with Crippen LogP contribution in [-0.2, 0) is 0 Å². The van der Waals surface area contributed by atoms with Crippen LogP contribution in [0.5, 0.6) is 0 Å². The van der Waals surface area contributed by atoms with Crippen molar-refractivity contribution >= 4 is 45.5 Å². The first-order valence-corrected chi connectivity index (χ1v) is 8.09. The molecule has 0 N–H and O–H groups in total. The van der Waals surface area contributed by atoms with E-state index in [0.29, 0.717) is 0 Å². The van der Waals surface area contributed by atoms with Crippen LogP contribution in [0.4, 0.5) is 0 Å². The average molecular weight is 306 g/mol. The highest BCUT2D eigenvalue weighted by Gasteiger charge is 2.05. The Kier molecular flexibility index (Phi) is 3.51. The van der Waals surface area contributed by atoms with Crippen LogP contribution >= 0.6 is 0 Å². The van der Waals surface area contributed by atoms with Gasteiger partial charge < -0.3 is 0 Å². The molecule has 0 aliphatic rings. The van der Waals surface area contributed by atoms with Crippen LogP contribution in [0.25, 0.3) is 45.5 Å². The van der Waals surface area contributed by atoms with Crippen LogP contribution in [0, 0.1) is 0 Å². The maximum Gasteiger partial charge on any atom is -0.00268 e. The van der Waals surface area contributed by atoms with Crippen molar-refractivity contribution in [3.8, 4) is 0 Å². The first-order chi connectivity index (χ1) is 11.7. The molecule has 0 amide bonds. The lowest BCUT2D eigenvalue weighted by Crippen LogP contribution is -2.02. The highest BCUT2D eigenvalue weighted by atomic mass is 14.1. The van der Waals surface area contributed by atoms with E-state index in [-0.39, 0.29) is 0 Å². The smallest absolute Gasteiger partial charge is 0.00268 e. The van der Waals surface area contributed by atoms with Crippen LogP contribution < -0.4 is 10.4 Å². The van der Waals surface area contributed by atoms with Gasteiger partial charge >= 0.3 is 0 Å². The molecule has 0 radical (unpaired) electrons. The Morgan fingerprint density at radius 3 is 0.958 bits per heavy atom. The first-order valence-electron chi connectivity index (χ1n) is 8.09. The molecule has 24 heavy (non-hydrogen) atoms. The predicted molar refractivity (Wildman–Crippen MR) is 107 cm³/mol. The van der Waals surface area contributed by atoms with Crippen LogP contribution in [0.2, 0.25) is 0 Å². The van der Waals surface area contributed by atoms with Crippen LogP contribution in [0.3, 0.4) is 0 Å². The third-order valence-corrected chi connectivity index (χ3v) is 4.42. The molecule has 0 bridgehead atoms. The van der Waals surface area contributed by atoms with E-state index in [1.165, 1.54) is 32.3 Å². The van der Waals surface area contributed by atoms with E-state index < -0.39 is 0 Å². The largest absolute Gasteiger partial charge is 0.0918 e. The summed E-state index contributed by atoms with van der Waals surface area (Å²) in [6, 6.07) is 29.6. The van der Waals surface area contributed by atoms with Gasteiger partial charge in [-0.1, -0.05) is 98.1 Å². The van der Waals surface area contributed by atoms with Crippen LogP contribution in [-0.4, -0.2) is 0 Å². The number of rotatable bonds is 0. The second-order valence-corrected chi connectivity index (χ2v) is 6.11. The van der Waals surface area contributed by atoms with Gasteiger partial charge in [0.05, 0.1) is 0 Å². The molecule has 0 unspecified atom stereocenters. The molecule has 0 heterocycles. The molecule has 0 aromatic heterocycles. The van der Waals surface area contributed by atoms with Crippen molar-refractivity contribution in [3.63, 3.8) is 0 Å². The molecule has 5 rings (SSSR count). The highest BCUT2D eigenvalue weighted by Crippen LogP contribution is 2.33. The van der Waals surface area contributed by atoms with E-state index >= 15 is 0 Å². The molecule has 0 saturated carbocycles. The lowest BCUT2D eigenvalue weighted by molar-refractivity contribution is 1.57. The molecule has 0 heteroatoms. The van der Waals surface area contributed by atoms with Gasteiger partial charge in [-0.15, -0.1) is 0 Å². The summed E-state index contributed by atoms with van der Waals surface area (Å²) in [5, 5.41) is 10.2. The molecule has 0 saturated heterocycles. The summed E-state index contributed by atoms with van der Waals surface area (Å²) in [5.41, 5.74) is 0. The van der Waals surface area contributed by atoms with Gasteiger partial charge in [0.15, 0.2) is 0 Å². The summed E-state index contributed by atoms with van der Waals surface area (Å²) in [4.78, 5) is 0. The average Bonchev–Trinajstić information content (AvgIpc) is 2.63. The third-order valence-electron chi connectivity index (χ3n) is 4.42.